The van der Waals surface area contributed by atoms with Gasteiger partial charge in [0.15, 0.2) is 0 Å². The van der Waals surface area contributed by atoms with Gasteiger partial charge in [0.25, 0.3) is 9.05 Å². The minimum atomic E-state index is -3.80. The molecule has 0 aliphatic carbocycles. The van der Waals surface area contributed by atoms with Crippen molar-refractivity contribution in [3.05, 3.63) is 24.4 Å². The first kappa shape index (κ1) is 14.2. The highest BCUT2D eigenvalue weighted by atomic mass is 35.7. The largest absolute Gasteiger partial charge is 0.493 e. The second-order valence-electron chi connectivity index (χ2n) is 4.21. The van der Waals surface area contributed by atoms with E-state index in [1.54, 1.807) is 12.3 Å². The molecule has 6 heteroatoms. The number of ether oxygens (including phenoxy) is 1. The van der Waals surface area contributed by atoms with Gasteiger partial charge in [0.2, 0.25) is 0 Å². The molecule has 2 rings (SSSR count). The standard InChI is InChI=1S/C13H16ClNO3S/c1-3-8-15-9-12(19(14,16)17)13-10(15)6-5-7-11(13)18-4-2/h5-7,9H,3-4,8H2,1-2H3. The van der Waals surface area contributed by atoms with Gasteiger partial charge >= 0.3 is 0 Å². The van der Waals surface area contributed by atoms with Crippen LogP contribution in [0.25, 0.3) is 10.9 Å². The zero-order valence-electron chi connectivity index (χ0n) is 10.9. The number of halogens is 1. The van der Waals surface area contributed by atoms with Crippen LogP contribution >= 0.6 is 10.7 Å². The second-order valence-corrected chi connectivity index (χ2v) is 6.74. The number of nitrogens with zero attached hydrogens (tertiary/aromatic N) is 1. The first-order valence-electron chi connectivity index (χ1n) is 6.18. The summed E-state index contributed by atoms with van der Waals surface area (Å²) in [4.78, 5) is 0.113. The van der Waals surface area contributed by atoms with Crippen LogP contribution in [0, 0.1) is 0 Å². The third kappa shape index (κ3) is 2.72. The number of benzene rings is 1. The number of hydrogen-bond acceptors (Lipinski definition) is 3. The number of hydrogen-bond donors (Lipinski definition) is 0. The molecule has 0 aliphatic heterocycles. The average Bonchev–Trinajstić information content (AvgIpc) is 2.70. The van der Waals surface area contributed by atoms with Gasteiger partial charge in [0.1, 0.15) is 10.6 Å². The quantitative estimate of drug-likeness (QED) is 0.796. The summed E-state index contributed by atoms with van der Waals surface area (Å²) in [7, 11) is 1.73. The molecule has 0 aliphatic rings. The molecule has 0 fully saturated rings. The minimum absolute atomic E-state index is 0.113. The van der Waals surface area contributed by atoms with E-state index in [1.165, 1.54) is 0 Å². The fraction of sp³-hybridized carbons (Fsp3) is 0.385. The smallest absolute Gasteiger partial charge is 0.263 e. The van der Waals surface area contributed by atoms with Gasteiger partial charge in [0.05, 0.1) is 17.5 Å². The molecule has 0 saturated carbocycles. The van der Waals surface area contributed by atoms with Gasteiger partial charge in [0, 0.05) is 23.4 Å². The van der Waals surface area contributed by atoms with Crippen LogP contribution in [0.1, 0.15) is 20.3 Å². The fourth-order valence-electron chi connectivity index (χ4n) is 2.17. The molecule has 19 heavy (non-hydrogen) atoms. The summed E-state index contributed by atoms with van der Waals surface area (Å²) in [6.45, 7) is 5.10. The highest BCUT2D eigenvalue weighted by Crippen LogP contribution is 2.35. The van der Waals surface area contributed by atoms with E-state index in [1.807, 2.05) is 30.5 Å². The molecule has 0 amide bonds. The van der Waals surface area contributed by atoms with Crippen LogP contribution in [-0.2, 0) is 15.6 Å². The molecule has 1 aromatic heterocycles. The van der Waals surface area contributed by atoms with Crippen LogP contribution < -0.4 is 4.74 Å². The van der Waals surface area contributed by atoms with Crippen molar-refractivity contribution in [2.75, 3.05) is 6.61 Å². The Labute approximate surface area is 117 Å². The Morgan fingerprint density at radius 2 is 2.05 bits per heavy atom. The summed E-state index contributed by atoms with van der Waals surface area (Å²) >= 11 is 0. The summed E-state index contributed by atoms with van der Waals surface area (Å²) in [6.07, 6.45) is 2.49. The molecule has 1 heterocycles. The number of fused-ring (bicyclic) bond motifs is 1. The molecule has 0 N–H and O–H groups in total. The van der Waals surface area contributed by atoms with Crippen molar-refractivity contribution in [1.29, 1.82) is 0 Å². The van der Waals surface area contributed by atoms with E-state index in [9.17, 15) is 8.42 Å². The molecular formula is C13H16ClNO3S. The maximum absolute atomic E-state index is 11.7. The van der Waals surface area contributed by atoms with E-state index in [4.69, 9.17) is 15.4 Å². The van der Waals surface area contributed by atoms with Gasteiger partial charge < -0.3 is 9.30 Å². The molecule has 0 atom stereocenters. The van der Waals surface area contributed by atoms with Crippen LogP contribution in [0.4, 0.5) is 0 Å². The lowest BCUT2D eigenvalue weighted by Gasteiger charge is -2.07. The Morgan fingerprint density at radius 3 is 2.63 bits per heavy atom. The van der Waals surface area contributed by atoms with Gasteiger partial charge in [-0.05, 0) is 25.5 Å². The summed E-state index contributed by atoms with van der Waals surface area (Å²) < 4.78 is 30.8. The Hall–Kier alpha value is -1.20. The van der Waals surface area contributed by atoms with E-state index >= 15 is 0 Å². The number of aromatic nitrogens is 1. The van der Waals surface area contributed by atoms with Gasteiger partial charge in [-0.15, -0.1) is 0 Å². The zero-order valence-corrected chi connectivity index (χ0v) is 12.5. The van der Waals surface area contributed by atoms with Crippen LogP contribution in [0.3, 0.4) is 0 Å². The molecule has 0 radical (unpaired) electrons. The van der Waals surface area contributed by atoms with Crippen molar-refractivity contribution in [2.24, 2.45) is 0 Å². The van der Waals surface area contributed by atoms with E-state index in [0.29, 0.717) is 17.7 Å². The Balaban J connectivity index is 2.80. The lowest BCUT2D eigenvalue weighted by molar-refractivity contribution is 0.344. The third-order valence-corrected chi connectivity index (χ3v) is 4.19. The highest BCUT2D eigenvalue weighted by Gasteiger charge is 2.21. The lowest BCUT2D eigenvalue weighted by atomic mass is 10.2. The van der Waals surface area contributed by atoms with Crippen LogP contribution in [0.15, 0.2) is 29.3 Å². The molecular weight excluding hydrogens is 286 g/mol. The number of rotatable bonds is 5. The maximum Gasteiger partial charge on any atom is 0.263 e. The summed E-state index contributed by atoms with van der Waals surface area (Å²) in [6, 6.07) is 5.48. The van der Waals surface area contributed by atoms with E-state index in [-0.39, 0.29) is 4.90 Å². The van der Waals surface area contributed by atoms with Crippen LogP contribution in [0.5, 0.6) is 5.75 Å². The average molecular weight is 302 g/mol. The number of aryl methyl sites for hydroxylation is 1. The highest BCUT2D eigenvalue weighted by molar-refractivity contribution is 8.14. The molecule has 0 spiro atoms. The normalized spacial score (nSPS) is 11.9. The predicted octanol–water partition coefficient (Wildman–Crippen LogP) is 3.38. The van der Waals surface area contributed by atoms with Gasteiger partial charge in [-0.3, -0.25) is 0 Å². The summed E-state index contributed by atoms with van der Waals surface area (Å²) in [5, 5.41) is 0.563. The van der Waals surface area contributed by atoms with E-state index in [0.717, 1.165) is 18.5 Å². The van der Waals surface area contributed by atoms with Gasteiger partial charge in [-0.1, -0.05) is 13.0 Å². The minimum Gasteiger partial charge on any atom is -0.493 e. The van der Waals surface area contributed by atoms with Gasteiger partial charge in [-0.25, -0.2) is 8.42 Å². The lowest BCUT2D eigenvalue weighted by Crippen LogP contribution is -1.95. The van der Waals surface area contributed by atoms with E-state index < -0.39 is 9.05 Å². The fourth-order valence-corrected chi connectivity index (χ4v) is 3.22. The molecule has 0 saturated heterocycles. The summed E-state index contributed by atoms with van der Waals surface area (Å²) in [5.41, 5.74) is 0.826. The van der Waals surface area contributed by atoms with Crippen molar-refractivity contribution in [1.82, 2.24) is 4.57 Å². The molecule has 104 valence electrons. The molecule has 0 unspecified atom stereocenters. The molecule has 1 aromatic carbocycles. The third-order valence-electron chi connectivity index (χ3n) is 2.86. The first-order chi connectivity index (χ1) is 8.99. The zero-order chi connectivity index (χ0) is 14.0. The first-order valence-corrected chi connectivity index (χ1v) is 8.49. The topological polar surface area (TPSA) is 48.3 Å². The molecule has 0 bridgehead atoms. The summed E-state index contributed by atoms with van der Waals surface area (Å²) in [5.74, 6) is 0.550. The Bertz CT molecular complexity index is 691. The van der Waals surface area contributed by atoms with Crippen molar-refractivity contribution in [3.8, 4) is 5.75 Å². The van der Waals surface area contributed by atoms with Crippen molar-refractivity contribution < 1.29 is 13.2 Å². The van der Waals surface area contributed by atoms with Crippen LogP contribution in [0.2, 0.25) is 0 Å². The monoisotopic (exact) mass is 301 g/mol. The van der Waals surface area contributed by atoms with Crippen LogP contribution in [-0.4, -0.2) is 19.6 Å². The Kier molecular flexibility index (Phi) is 4.06. The molecule has 2 aromatic rings. The van der Waals surface area contributed by atoms with Crippen molar-refractivity contribution in [3.63, 3.8) is 0 Å². The van der Waals surface area contributed by atoms with Crippen molar-refractivity contribution in [2.45, 2.75) is 31.7 Å². The van der Waals surface area contributed by atoms with Crippen molar-refractivity contribution >= 4 is 30.6 Å². The maximum atomic E-state index is 11.7. The van der Waals surface area contributed by atoms with E-state index in [2.05, 4.69) is 0 Å². The second kappa shape index (κ2) is 5.43. The SMILES string of the molecule is CCCn1cc(S(=O)(=O)Cl)c2c(OCC)cccc21. The van der Waals surface area contributed by atoms with Gasteiger partial charge in [-0.2, -0.15) is 0 Å². The Morgan fingerprint density at radius 1 is 1.32 bits per heavy atom. The predicted molar refractivity (Wildman–Crippen MR) is 76.4 cm³/mol. The molecule has 4 nitrogen and oxygen atoms in total.